The van der Waals surface area contributed by atoms with Gasteiger partial charge in [0.1, 0.15) is 0 Å². The van der Waals surface area contributed by atoms with Crippen molar-refractivity contribution in [2.45, 2.75) is 6.54 Å². The van der Waals surface area contributed by atoms with Crippen molar-refractivity contribution in [3.05, 3.63) is 59.2 Å². The minimum Gasteiger partial charge on any atom is -0.478 e. The van der Waals surface area contributed by atoms with Crippen LogP contribution in [0.2, 0.25) is 0 Å². The molecule has 112 valence electrons. The molecule has 0 aliphatic carbocycles. The maximum atomic E-state index is 13.1. The fourth-order valence-corrected chi connectivity index (χ4v) is 2.04. The molecule has 0 saturated carbocycles. The van der Waals surface area contributed by atoms with Gasteiger partial charge in [-0.15, -0.1) is 0 Å². The van der Waals surface area contributed by atoms with Crippen molar-refractivity contribution in [2.75, 3.05) is 5.32 Å². The minimum absolute atomic E-state index is 0.207. The summed E-state index contributed by atoms with van der Waals surface area (Å²) >= 11 is 0. The molecule has 1 aromatic heterocycles. The lowest BCUT2D eigenvalue weighted by Gasteiger charge is -2.03. The molecule has 0 bridgehead atoms. The van der Waals surface area contributed by atoms with E-state index in [1.54, 1.807) is 12.1 Å². The summed E-state index contributed by atoms with van der Waals surface area (Å²) in [5.41, 5.74) is 1.77. The zero-order chi connectivity index (χ0) is 15.7. The number of imidazole rings is 1. The molecule has 3 N–H and O–H groups in total. The smallest absolute Gasteiger partial charge is 0.335 e. The number of carboxylic acids is 1. The van der Waals surface area contributed by atoms with Crippen molar-refractivity contribution in [3.63, 3.8) is 0 Å². The van der Waals surface area contributed by atoms with E-state index in [-0.39, 0.29) is 5.56 Å². The van der Waals surface area contributed by atoms with E-state index in [4.69, 9.17) is 5.11 Å². The summed E-state index contributed by atoms with van der Waals surface area (Å²) in [6.45, 7) is 0.394. The quantitative estimate of drug-likeness (QED) is 0.692. The highest BCUT2D eigenvalue weighted by Gasteiger charge is 2.08. The third-order valence-electron chi connectivity index (χ3n) is 3.18. The maximum absolute atomic E-state index is 13.1. The van der Waals surface area contributed by atoms with Crippen LogP contribution in [0.4, 0.5) is 14.7 Å². The first kappa shape index (κ1) is 14.0. The largest absolute Gasteiger partial charge is 0.478 e. The van der Waals surface area contributed by atoms with E-state index >= 15 is 0 Å². The molecule has 0 aliphatic rings. The molecule has 0 fully saturated rings. The van der Waals surface area contributed by atoms with Gasteiger partial charge in [-0.2, -0.15) is 0 Å². The Morgan fingerprint density at radius 2 is 1.86 bits per heavy atom. The number of aromatic carboxylic acids is 1. The van der Waals surface area contributed by atoms with Crippen molar-refractivity contribution >= 4 is 23.0 Å². The fraction of sp³-hybridized carbons (Fsp3) is 0.0667. The van der Waals surface area contributed by atoms with Crippen LogP contribution < -0.4 is 5.32 Å². The average Bonchev–Trinajstić information content (AvgIpc) is 2.88. The predicted molar refractivity (Wildman–Crippen MR) is 76.7 cm³/mol. The van der Waals surface area contributed by atoms with Gasteiger partial charge in [-0.25, -0.2) is 18.6 Å². The van der Waals surface area contributed by atoms with Gasteiger partial charge in [-0.1, -0.05) is 12.1 Å². The van der Waals surface area contributed by atoms with Crippen molar-refractivity contribution < 1.29 is 18.7 Å². The molecule has 0 saturated heterocycles. The Morgan fingerprint density at radius 1 is 1.18 bits per heavy atom. The number of rotatable bonds is 4. The summed E-state index contributed by atoms with van der Waals surface area (Å²) in [5.74, 6) is -2.50. The fourth-order valence-electron chi connectivity index (χ4n) is 2.04. The normalized spacial score (nSPS) is 10.8. The minimum atomic E-state index is -0.985. The third kappa shape index (κ3) is 2.73. The van der Waals surface area contributed by atoms with Gasteiger partial charge in [-0.05, 0) is 17.7 Å². The number of fused-ring (bicyclic) bond motifs is 1. The molecule has 0 amide bonds. The Labute approximate surface area is 123 Å². The number of hydrogen-bond donors (Lipinski definition) is 3. The van der Waals surface area contributed by atoms with Crippen LogP contribution in [-0.4, -0.2) is 21.0 Å². The molecule has 0 spiro atoms. The molecule has 0 radical (unpaired) electrons. The lowest BCUT2D eigenvalue weighted by atomic mass is 10.1. The Hall–Kier alpha value is -2.96. The van der Waals surface area contributed by atoms with Gasteiger partial charge >= 0.3 is 5.97 Å². The highest BCUT2D eigenvalue weighted by atomic mass is 19.2. The van der Waals surface area contributed by atoms with Crippen LogP contribution in [-0.2, 0) is 6.54 Å². The number of nitrogens with zero attached hydrogens (tertiary/aromatic N) is 1. The van der Waals surface area contributed by atoms with Gasteiger partial charge < -0.3 is 15.4 Å². The summed E-state index contributed by atoms with van der Waals surface area (Å²) in [6, 6.07) is 8.43. The van der Waals surface area contributed by atoms with E-state index in [1.807, 2.05) is 0 Å². The number of hydrogen-bond acceptors (Lipinski definition) is 3. The highest BCUT2D eigenvalue weighted by molar-refractivity contribution is 5.87. The summed E-state index contributed by atoms with van der Waals surface area (Å²) in [7, 11) is 0. The second-order valence-corrected chi connectivity index (χ2v) is 4.72. The molecular weight excluding hydrogens is 292 g/mol. The van der Waals surface area contributed by atoms with Gasteiger partial charge in [0, 0.05) is 18.7 Å². The Bertz CT molecular complexity index is 805. The summed E-state index contributed by atoms with van der Waals surface area (Å²) in [5, 5.41) is 11.8. The van der Waals surface area contributed by atoms with E-state index in [0.717, 1.165) is 17.7 Å². The molecular formula is C15H11F2N3O2. The number of H-pyrrole nitrogens is 1. The van der Waals surface area contributed by atoms with Crippen LogP contribution >= 0.6 is 0 Å². The first-order valence-corrected chi connectivity index (χ1v) is 6.44. The molecule has 7 heteroatoms. The van der Waals surface area contributed by atoms with Crippen molar-refractivity contribution in [1.82, 2.24) is 9.97 Å². The molecule has 0 unspecified atom stereocenters. The van der Waals surface area contributed by atoms with Crippen LogP contribution in [0.15, 0.2) is 36.4 Å². The molecule has 1 heterocycles. The first-order chi connectivity index (χ1) is 10.5. The van der Waals surface area contributed by atoms with Crippen molar-refractivity contribution in [3.8, 4) is 0 Å². The maximum Gasteiger partial charge on any atom is 0.335 e. The molecule has 22 heavy (non-hydrogen) atoms. The number of benzene rings is 2. The third-order valence-corrected chi connectivity index (χ3v) is 3.18. The van der Waals surface area contributed by atoms with E-state index in [9.17, 15) is 13.6 Å². The second-order valence-electron chi connectivity index (χ2n) is 4.72. The predicted octanol–water partition coefficient (Wildman–Crippen LogP) is 3.15. The molecule has 3 rings (SSSR count). The molecule has 5 nitrogen and oxygen atoms in total. The van der Waals surface area contributed by atoms with Gasteiger partial charge in [0.2, 0.25) is 5.95 Å². The van der Waals surface area contributed by atoms with E-state index in [2.05, 4.69) is 15.3 Å². The Morgan fingerprint density at radius 3 is 2.55 bits per heavy atom. The Kier molecular flexibility index (Phi) is 3.46. The van der Waals surface area contributed by atoms with Crippen molar-refractivity contribution in [1.29, 1.82) is 0 Å². The number of aromatic nitrogens is 2. The van der Waals surface area contributed by atoms with Gasteiger partial charge in [0.05, 0.1) is 16.6 Å². The topological polar surface area (TPSA) is 78.0 Å². The number of carboxylic acid groups (broad SMARTS) is 1. The number of aromatic amines is 1. The highest BCUT2D eigenvalue weighted by Crippen LogP contribution is 2.18. The lowest BCUT2D eigenvalue weighted by Crippen LogP contribution is -2.02. The van der Waals surface area contributed by atoms with Crippen molar-refractivity contribution in [2.24, 2.45) is 0 Å². The van der Waals surface area contributed by atoms with Gasteiger partial charge in [0.15, 0.2) is 11.6 Å². The Balaban J connectivity index is 1.74. The average molecular weight is 303 g/mol. The monoisotopic (exact) mass is 303 g/mol. The van der Waals surface area contributed by atoms with E-state index in [0.29, 0.717) is 23.5 Å². The van der Waals surface area contributed by atoms with E-state index in [1.165, 1.54) is 12.1 Å². The van der Waals surface area contributed by atoms with Crippen LogP contribution in [0, 0.1) is 11.6 Å². The number of anilines is 1. The molecule has 3 aromatic rings. The van der Waals surface area contributed by atoms with Gasteiger partial charge in [0.25, 0.3) is 0 Å². The summed E-state index contributed by atoms with van der Waals surface area (Å²) in [4.78, 5) is 17.7. The van der Waals surface area contributed by atoms with Crippen LogP contribution in [0.5, 0.6) is 0 Å². The first-order valence-electron chi connectivity index (χ1n) is 6.44. The van der Waals surface area contributed by atoms with Gasteiger partial charge in [-0.3, -0.25) is 0 Å². The number of carbonyl (C=O) groups is 1. The lowest BCUT2D eigenvalue weighted by molar-refractivity contribution is 0.0697. The summed E-state index contributed by atoms with van der Waals surface area (Å²) < 4.78 is 26.2. The SMILES string of the molecule is O=C(O)c1ccc(CNc2nc3cc(F)c(F)cc3[nH]2)cc1. The molecule has 2 aromatic carbocycles. The van der Waals surface area contributed by atoms with Crippen LogP contribution in [0.3, 0.4) is 0 Å². The molecule has 0 aliphatic heterocycles. The summed E-state index contributed by atoms with van der Waals surface area (Å²) in [6.07, 6.45) is 0. The standard InChI is InChI=1S/C15H11F2N3O2/c16-10-5-12-13(6-11(10)17)20-15(19-12)18-7-8-1-3-9(4-2-8)14(21)22/h1-6H,7H2,(H,21,22)(H2,18,19,20). The second kappa shape index (κ2) is 5.44. The molecule has 0 atom stereocenters. The number of halogens is 2. The van der Waals surface area contributed by atoms with Crippen LogP contribution in [0.25, 0.3) is 11.0 Å². The zero-order valence-corrected chi connectivity index (χ0v) is 11.2. The number of nitrogens with one attached hydrogen (secondary N) is 2. The van der Waals surface area contributed by atoms with E-state index < -0.39 is 17.6 Å². The van der Waals surface area contributed by atoms with Crippen LogP contribution in [0.1, 0.15) is 15.9 Å². The zero-order valence-electron chi connectivity index (χ0n) is 11.2.